The van der Waals surface area contributed by atoms with Gasteiger partial charge in [-0.25, -0.2) is 9.37 Å². The Morgan fingerprint density at radius 3 is 2.42 bits per heavy atom. The molecule has 1 aromatic carbocycles. The standard InChI is InChI=1S/C28H39FN6O/c29-25-11-4-3-10-24(25)27(36)34-19-13-23(14-20-34)35-18-8-5-9-22(21-35)31-28-30-15-12-26(32-28)33-16-6-1-2-7-17-33/h3-4,10-12,15,22-23H,1-2,5-9,13-14,16-21H2,(H,30,31,32). The second-order valence-electron chi connectivity index (χ2n) is 10.5. The maximum atomic E-state index is 14.1. The predicted molar refractivity (Wildman–Crippen MR) is 141 cm³/mol. The molecule has 0 spiro atoms. The number of anilines is 2. The number of nitrogens with one attached hydrogen (secondary N) is 1. The Labute approximate surface area is 214 Å². The lowest BCUT2D eigenvalue weighted by molar-refractivity contribution is 0.0615. The van der Waals surface area contributed by atoms with Crippen LogP contribution in [0.2, 0.25) is 0 Å². The Bertz CT molecular complexity index is 1000. The van der Waals surface area contributed by atoms with Gasteiger partial charge in [-0.1, -0.05) is 31.4 Å². The summed E-state index contributed by atoms with van der Waals surface area (Å²) < 4.78 is 14.1. The van der Waals surface area contributed by atoms with E-state index in [-0.39, 0.29) is 11.5 Å². The maximum Gasteiger partial charge on any atom is 0.256 e. The van der Waals surface area contributed by atoms with Crippen LogP contribution in [0.4, 0.5) is 16.2 Å². The number of aromatic nitrogens is 2. The second kappa shape index (κ2) is 12.0. The van der Waals surface area contributed by atoms with Gasteiger partial charge in [0.25, 0.3) is 5.91 Å². The molecule has 0 bridgehead atoms. The molecule has 0 aliphatic carbocycles. The number of nitrogens with zero attached hydrogens (tertiary/aromatic N) is 5. The minimum atomic E-state index is -0.437. The lowest BCUT2D eigenvalue weighted by Gasteiger charge is -2.39. The molecule has 5 rings (SSSR count). The highest BCUT2D eigenvalue weighted by atomic mass is 19.1. The summed E-state index contributed by atoms with van der Waals surface area (Å²) in [4.78, 5) is 29.0. The minimum Gasteiger partial charge on any atom is -0.356 e. The predicted octanol–water partition coefficient (Wildman–Crippen LogP) is 4.57. The van der Waals surface area contributed by atoms with Crippen LogP contribution in [0.15, 0.2) is 36.5 Å². The molecule has 4 heterocycles. The first-order chi connectivity index (χ1) is 17.7. The van der Waals surface area contributed by atoms with Gasteiger partial charge in [0, 0.05) is 51.0 Å². The molecule has 1 unspecified atom stereocenters. The van der Waals surface area contributed by atoms with Crippen molar-refractivity contribution in [3.63, 3.8) is 0 Å². The fraction of sp³-hybridized carbons (Fsp3) is 0.607. The number of carbonyl (C=O) groups is 1. The van der Waals surface area contributed by atoms with E-state index in [1.807, 2.05) is 17.2 Å². The van der Waals surface area contributed by atoms with Crippen LogP contribution < -0.4 is 10.2 Å². The number of likely N-dealkylation sites (tertiary alicyclic amines) is 2. The summed E-state index contributed by atoms with van der Waals surface area (Å²) in [5, 5.41) is 3.64. The van der Waals surface area contributed by atoms with Crippen LogP contribution in [-0.2, 0) is 0 Å². The first-order valence-corrected chi connectivity index (χ1v) is 13.8. The quantitative estimate of drug-likeness (QED) is 0.657. The van der Waals surface area contributed by atoms with Crippen molar-refractivity contribution in [2.75, 3.05) is 49.5 Å². The van der Waals surface area contributed by atoms with Crippen LogP contribution >= 0.6 is 0 Å². The van der Waals surface area contributed by atoms with E-state index in [9.17, 15) is 9.18 Å². The van der Waals surface area contributed by atoms with E-state index in [2.05, 4.69) is 20.1 Å². The number of carbonyl (C=O) groups excluding carboxylic acids is 1. The highest BCUT2D eigenvalue weighted by molar-refractivity contribution is 5.94. The van der Waals surface area contributed by atoms with Gasteiger partial charge in [-0.05, 0) is 63.3 Å². The molecule has 7 nitrogen and oxygen atoms in total. The topological polar surface area (TPSA) is 64.6 Å². The Kier molecular flexibility index (Phi) is 8.31. The molecule has 3 aliphatic rings. The maximum absolute atomic E-state index is 14.1. The van der Waals surface area contributed by atoms with Crippen LogP contribution in [0.5, 0.6) is 0 Å². The van der Waals surface area contributed by atoms with Crippen LogP contribution in [-0.4, -0.2) is 77.0 Å². The molecular formula is C28H39FN6O. The van der Waals surface area contributed by atoms with Gasteiger partial charge in [-0.2, -0.15) is 4.98 Å². The zero-order chi connectivity index (χ0) is 24.7. The average molecular weight is 495 g/mol. The fourth-order valence-corrected chi connectivity index (χ4v) is 5.94. The van der Waals surface area contributed by atoms with Gasteiger partial charge in [-0.15, -0.1) is 0 Å². The summed E-state index contributed by atoms with van der Waals surface area (Å²) in [5.74, 6) is 1.14. The molecule has 1 N–H and O–H groups in total. The summed E-state index contributed by atoms with van der Waals surface area (Å²) in [5.41, 5.74) is 0.178. The number of benzene rings is 1. The monoisotopic (exact) mass is 494 g/mol. The van der Waals surface area contributed by atoms with Gasteiger partial charge in [-0.3, -0.25) is 9.69 Å². The average Bonchev–Trinajstić information content (AvgIpc) is 3.33. The third kappa shape index (κ3) is 6.14. The van der Waals surface area contributed by atoms with Crippen molar-refractivity contribution in [1.29, 1.82) is 0 Å². The Morgan fingerprint density at radius 1 is 0.889 bits per heavy atom. The molecule has 3 saturated heterocycles. The number of piperidine rings is 1. The number of halogens is 1. The molecule has 194 valence electrons. The lowest BCUT2D eigenvalue weighted by atomic mass is 10.0. The number of hydrogen-bond acceptors (Lipinski definition) is 6. The Hall–Kier alpha value is -2.74. The van der Waals surface area contributed by atoms with E-state index in [1.54, 1.807) is 18.2 Å². The summed E-state index contributed by atoms with van der Waals surface area (Å²) in [6.07, 6.45) is 12.3. The van der Waals surface area contributed by atoms with Gasteiger partial charge < -0.3 is 15.1 Å². The zero-order valence-electron chi connectivity index (χ0n) is 21.2. The molecule has 3 aliphatic heterocycles. The third-order valence-corrected chi connectivity index (χ3v) is 7.98. The lowest BCUT2D eigenvalue weighted by Crippen LogP contribution is -2.49. The zero-order valence-corrected chi connectivity index (χ0v) is 21.2. The number of hydrogen-bond donors (Lipinski definition) is 1. The van der Waals surface area contributed by atoms with Crippen LogP contribution in [0.25, 0.3) is 0 Å². The van der Waals surface area contributed by atoms with Crippen molar-refractivity contribution >= 4 is 17.7 Å². The summed E-state index contributed by atoms with van der Waals surface area (Å²) in [7, 11) is 0. The molecule has 0 saturated carbocycles. The fourth-order valence-electron chi connectivity index (χ4n) is 5.94. The molecule has 1 amide bonds. The number of rotatable bonds is 5. The van der Waals surface area contributed by atoms with Gasteiger partial charge >= 0.3 is 0 Å². The van der Waals surface area contributed by atoms with E-state index in [1.165, 1.54) is 44.6 Å². The summed E-state index contributed by atoms with van der Waals surface area (Å²) in [6.45, 7) is 5.54. The molecule has 1 atom stereocenters. The van der Waals surface area contributed by atoms with Crippen molar-refractivity contribution in [3.05, 3.63) is 47.9 Å². The molecule has 0 radical (unpaired) electrons. The van der Waals surface area contributed by atoms with Gasteiger partial charge in [0.15, 0.2) is 0 Å². The Balaban J connectivity index is 1.17. The minimum absolute atomic E-state index is 0.178. The molecule has 1 aromatic heterocycles. The Morgan fingerprint density at radius 2 is 1.64 bits per heavy atom. The van der Waals surface area contributed by atoms with E-state index in [4.69, 9.17) is 4.98 Å². The van der Waals surface area contributed by atoms with E-state index in [0.29, 0.717) is 25.2 Å². The first-order valence-electron chi connectivity index (χ1n) is 13.8. The molecule has 3 fully saturated rings. The van der Waals surface area contributed by atoms with Gasteiger partial charge in [0.05, 0.1) is 5.56 Å². The van der Waals surface area contributed by atoms with E-state index in [0.717, 1.165) is 57.2 Å². The van der Waals surface area contributed by atoms with Gasteiger partial charge in [0.2, 0.25) is 5.95 Å². The van der Waals surface area contributed by atoms with Crippen molar-refractivity contribution in [2.24, 2.45) is 0 Å². The smallest absolute Gasteiger partial charge is 0.256 e. The highest BCUT2D eigenvalue weighted by Gasteiger charge is 2.30. The SMILES string of the molecule is O=C(c1ccccc1F)N1CCC(N2CCCCC(Nc3nccc(N4CCCCCC4)n3)C2)CC1. The summed E-state index contributed by atoms with van der Waals surface area (Å²) >= 11 is 0. The van der Waals surface area contributed by atoms with Crippen molar-refractivity contribution in [2.45, 2.75) is 69.9 Å². The van der Waals surface area contributed by atoms with E-state index < -0.39 is 5.82 Å². The van der Waals surface area contributed by atoms with Crippen molar-refractivity contribution in [3.8, 4) is 0 Å². The largest absolute Gasteiger partial charge is 0.356 e. The van der Waals surface area contributed by atoms with Crippen molar-refractivity contribution < 1.29 is 9.18 Å². The molecule has 2 aromatic rings. The third-order valence-electron chi connectivity index (χ3n) is 7.98. The van der Waals surface area contributed by atoms with E-state index >= 15 is 0 Å². The van der Waals surface area contributed by atoms with Crippen LogP contribution in [0.3, 0.4) is 0 Å². The van der Waals surface area contributed by atoms with Crippen LogP contribution in [0, 0.1) is 5.82 Å². The second-order valence-corrected chi connectivity index (χ2v) is 10.5. The normalized spacial score (nSPS) is 22.6. The molecular weight excluding hydrogens is 455 g/mol. The molecule has 36 heavy (non-hydrogen) atoms. The van der Waals surface area contributed by atoms with Crippen LogP contribution in [0.1, 0.15) is 68.1 Å². The van der Waals surface area contributed by atoms with Crippen molar-refractivity contribution in [1.82, 2.24) is 19.8 Å². The first kappa shape index (κ1) is 24.9. The molecule has 8 heteroatoms. The van der Waals surface area contributed by atoms with Gasteiger partial charge in [0.1, 0.15) is 11.6 Å². The highest BCUT2D eigenvalue weighted by Crippen LogP contribution is 2.24. The number of amides is 1. The summed E-state index contributed by atoms with van der Waals surface area (Å²) in [6, 6.07) is 9.08.